The van der Waals surface area contributed by atoms with Gasteiger partial charge in [-0.25, -0.2) is 0 Å². The van der Waals surface area contributed by atoms with Crippen LogP contribution in [0.4, 0.5) is 11.4 Å². The highest BCUT2D eigenvalue weighted by Crippen LogP contribution is 2.51. The van der Waals surface area contributed by atoms with E-state index in [2.05, 4.69) is 214 Å². The van der Waals surface area contributed by atoms with Gasteiger partial charge in [-0.15, -0.1) is 0 Å². The molecule has 12 rings (SSSR count). The average molecular weight is 760 g/mol. The third-order valence-corrected chi connectivity index (χ3v) is 13.0. The van der Waals surface area contributed by atoms with E-state index in [1.54, 1.807) is 0 Å². The lowest BCUT2D eigenvalue weighted by atomic mass is 9.96. The molecule has 2 aromatic heterocycles. The van der Waals surface area contributed by atoms with Gasteiger partial charge in [0.25, 0.3) is 0 Å². The summed E-state index contributed by atoms with van der Waals surface area (Å²) in [5, 5.41) is 5.17. The second-order valence-electron chi connectivity index (χ2n) is 15.2. The molecule has 0 fully saturated rings. The van der Waals surface area contributed by atoms with Crippen LogP contribution in [-0.2, 0) is 0 Å². The molecule has 3 nitrogen and oxygen atoms in total. The Balaban J connectivity index is 1.10. The molecule has 0 unspecified atom stereocenters. The summed E-state index contributed by atoms with van der Waals surface area (Å²) in [6, 6.07) is 68.9. The first-order valence-corrected chi connectivity index (χ1v) is 20.9. The average Bonchev–Trinajstić information content (AvgIpc) is 3.81. The van der Waals surface area contributed by atoms with Crippen LogP contribution in [0.5, 0.6) is 0 Å². The van der Waals surface area contributed by atoms with E-state index in [4.69, 9.17) is 0 Å². The predicted octanol–water partition coefficient (Wildman–Crippen LogP) is 14.9. The van der Waals surface area contributed by atoms with Crippen LogP contribution in [-0.4, -0.2) is 9.13 Å². The minimum Gasteiger partial charge on any atom is -0.314 e. The van der Waals surface area contributed by atoms with Crippen molar-refractivity contribution in [1.82, 2.24) is 9.13 Å². The molecule has 1 aliphatic carbocycles. The molecule has 4 heteroatoms. The molecule has 10 aromatic rings. The maximum atomic E-state index is 2.50. The molecule has 0 N–H and O–H groups in total. The smallest absolute Gasteiger partial charge is 0.0688 e. The number of benzene rings is 8. The molecular weight excluding hydrogens is 723 g/mol. The molecule has 0 bridgehead atoms. The Morgan fingerprint density at radius 1 is 0.466 bits per heavy atom. The van der Waals surface area contributed by atoms with Crippen molar-refractivity contribution in [3.05, 3.63) is 211 Å². The van der Waals surface area contributed by atoms with Gasteiger partial charge in [0.15, 0.2) is 0 Å². The summed E-state index contributed by atoms with van der Waals surface area (Å²) >= 11 is 1.89. The molecule has 274 valence electrons. The van der Waals surface area contributed by atoms with Gasteiger partial charge in [0.2, 0.25) is 0 Å². The SMILES string of the molecule is C1=C(c2ccccc2)C=C(N(c2cccc(-c3ccccc3)c2)c2cccc(-n3c4ccccc4c4c5c6ccccc6n6c5c(cc43)Sc3ccccc3-6)c2)CC1. The number of nitrogens with zero attached hydrogens (tertiary/aromatic N) is 3. The standard InChI is InChI=1S/C54H37N3S/c1-3-16-36(17-4-1)38-20-13-22-40(32-38)55(41-23-14-21-39(33-41)37-18-5-2-6-19-37)42-24-15-25-43(34-42)56-46-28-9-7-26-44(46)52-49(56)35-51-54-53(52)45-27-8-10-29-47(45)57(54)48-30-11-12-31-50(48)58-51/h1-13,15-22,24-35H,14,23H2. The number of anilines is 2. The molecule has 0 atom stereocenters. The molecule has 0 radical (unpaired) electrons. The summed E-state index contributed by atoms with van der Waals surface area (Å²) in [6.45, 7) is 0. The van der Waals surface area contributed by atoms with Crippen LogP contribution < -0.4 is 4.90 Å². The highest BCUT2D eigenvalue weighted by Gasteiger charge is 2.28. The van der Waals surface area contributed by atoms with Crippen molar-refractivity contribution >= 4 is 72.3 Å². The van der Waals surface area contributed by atoms with Gasteiger partial charge in [0, 0.05) is 54.1 Å². The molecule has 0 saturated heterocycles. The largest absolute Gasteiger partial charge is 0.314 e. The predicted molar refractivity (Wildman–Crippen MR) is 245 cm³/mol. The van der Waals surface area contributed by atoms with Crippen molar-refractivity contribution in [3.63, 3.8) is 0 Å². The molecule has 1 aliphatic heterocycles. The Labute approximate surface area is 341 Å². The van der Waals surface area contributed by atoms with E-state index in [1.165, 1.54) is 87.1 Å². The van der Waals surface area contributed by atoms with Gasteiger partial charge in [-0.1, -0.05) is 145 Å². The van der Waals surface area contributed by atoms with Crippen molar-refractivity contribution in [2.75, 3.05) is 4.90 Å². The zero-order valence-corrected chi connectivity index (χ0v) is 32.5. The number of hydrogen-bond acceptors (Lipinski definition) is 2. The van der Waals surface area contributed by atoms with E-state index in [9.17, 15) is 0 Å². The van der Waals surface area contributed by atoms with Crippen molar-refractivity contribution in [1.29, 1.82) is 0 Å². The van der Waals surface area contributed by atoms with Crippen LogP contribution in [0.1, 0.15) is 18.4 Å². The number of fused-ring (bicyclic) bond motifs is 9. The molecule has 3 heterocycles. The number of para-hydroxylation sites is 3. The highest BCUT2D eigenvalue weighted by atomic mass is 32.2. The van der Waals surface area contributed by atoms with Crippen LogP contribution in [0.25, 0.3) is 71.7 Å². The summed E-state index contributed by atoms with van der Waals surface area (Å²) in [7, 11) is 0. The quantitative estimate of drug-likeness (QED) is 0.167. The van der Waals surface area contributed by atoms with E-state index in [-0.39, 0.29) is 0 Å². The minimum absolute atomic E-state index is 0.940. The number of aromatic nitrogens is 2. The lowest BCUT2D eigenvalue weighted by molar-refractivity contribution is 0.921. The normalized spacial score (nSPS) is 13.5. The summed E-state index contributed by atoms with van der Waals surface area (Å²) in [4.78, 5) is 5.05. The van der Waals surface area contributed by atoms with Crippen LogP contribution in [0.15, 0.2) is 216 Å². The van der Waals surface area contributed by atoms with Gasteiger partial charge < -0.3 is 14.0 Å². The fraction of sp³-hybridized carbons (Fsp3) is 0.0370. The summed E-state index contributed by atoms with van der Waals surface area (Å²) < 4.78 is 5.00. The van der Waals surface area contributed by atoms with Gasteiger partial charge in [-0.2, -0.15) is 0 Å². The summed E-state index contributed by atoms with van der Waals surface area (Å²) in [5.41, 5.74) is 15.8. The molecule has 0 amide bonds. The maximum Gasteiger partial charge on any atom is 0.0688 e. The van der Waals surface area contributed by atoms with Gasteiger partial charge in [0.1, 0.15) is 0 Å². The van der Waals surface area contributed by atoms with Gasteiger partial charge >= 0.3 is 0 Å². The van der Waals surface area contributed by atoms with Crippen LogP contribution >= 0.6 is 11.8 Å². The second kappa shape index (κ2) is 13.3. The Morgan fingerprint density at radius 3 is 1.91 bits per heavy atom. The van der Waals surface area contributed by atoms with Crippen LogP contribution in [0, 0.1) is 0 Å². The van der Waals surface area contributed by atoms with Gasteiger partial charge in [0.05, 0.1) is 27.8 Å². The van der Waals surface area contributed by atoms with Crippen molar-refractivity contribution < 1.29 is 0 Å². The highest BCUT2D eigenvalue weighted by molar-refractivity contribution is 7.99. The maximum absolute atomic E-state index is 2.50. The molecule has 8 aromatic carbocycles. The molecule has 58 heavy (non-hydrogen) atoms. The molecule has 0 spiro atoms. The fourth-order valence-electron chi connectivity index (χ4n) is 9.43. The van der Waals surface area contributed by atoms with E-state index in [1.807, 2.05) is 11.8 Å². The Bertz CT molecular complexity index is 3310. The number of allylic oxidation sites excluding steroid dienone is 4. The Kier molecular flexibility index (Phi) is 7.60. The first-order valence-electron chi connectivity index (χ1n) is 20.1. The molecule has 0 saturated carbocycles. The van der Waals surface area contributed by atoms with Gasteiger partial charge in [-0.3, -0.25) is 0 Å². The zero-order chi connectivity index (χ0) is 38.2. The number of rotatable bonds is 6. The molecule has 2 aliphatic rings. The lowest BCUT2D eigenvalue weighted by Crippen LogP contribution is -2.18. The fourth-order valence-corrected chi connectivity index (χ4v) is 10.5. The second-order valence-corrected chi connectivity index (χ2v) is 16.3. The van der Waals surface area contributed by atoms with Crippen molar-refractivity contribution in [2.24, 2.45) is 0 Å². The zero-order valence-electron chi connectivity index (χ0n) is 31.7. The van der Waals surface area contributed by atoms with E-state index in [0.29, 0.717) is 0 Å². The third kappa shape index (κ3) is 5.15. The molecular formula is C54H37N3S. The van der Waals surface area contributed by atoms with Crippen LogP contribution in [0.3, 0.4) is 0 Å². The minimum atomic E-state index is 0.940. The summed E-state index contributed by atoms with van der Waals surface area (Å²) in [6.07, 6.45) is 6.69. The van der Waals surface area contributed by atoms with E-state index >= 15 is 0 Å². The third-order valence-electron chi connectivity index (χ3n) is 11.9. The lowest BCUT2D eigenvalue weighted by Gasteiger charge is -2.31. The van der Waals surface area contributed by atoms with Gasteiger partial charge in [-0.05, 0) is 102 Å². The topological polar surface area (TPSA) is 13.1 Å². The Morgan fingerprint density at radius 2 is 1.10 bits per heavy atom. The summed E-state index contributed by atoms with van der Waals surface area (Å²) in [5.74, 6) is 0. The van der Waals surface area contributed by atoms with Crippen molar-refractivity contribution in [2.45, 2.75) is 22.6 Å². The first kappa shape index (κ1) is 33.2. The van der Waals surface area contributed by atoms with Crippen LogP contribution in [0.2, 0.25) is 0 Å². The Hall–Kier alpha value is -7.01. The number of hydrogen-bond donors (Lipinski definition) is 0. The van der Waals surface area contributed by atoms with Crippen molar-refractivity contribution in [3.8, 4) is 22.5 Å². The van der Waals surface area contributed by atoms with E-state index < -0.39 is 0 Å². The monoisotopic (exact) mass is 759 g/mol. The van der Waals surface area contributed by atoms with E-state index in [0.717, 1.165) is 29.9 Å². The first-order chi connectivity index (χ1) is 28.8.